The SMILES string of the molecule is CCN=Nc1ccc(Br)cc1. The van der Waals surface area contributed by atoms with E-state index in [1.807, 2.05) is 31.2 Å². The van der Waals surface area contributed by atoms with Gasteiger partial charge in [-0.1, -0.05) is 15.9 Å². The topological polar surface area (TPSA) is 24.7 Å². The Labute approximate surface area is 74.5 Å². The molecule has 0 fully saturated rings. The molecule has 0 aromatic heterocycles. The van der Waals surface area contributed by atoms with Gasteiger partial charge in [0.1, 0.15) is 0 Å². The molecule has 0 aliphatic heterocycles. The number of halogens is 1. The number of nitrogens with zero attached hydrogens (tertiary/aromatic N) is 2. The lowest BCUT2D eigenvalue weighted by atomic mass is 10.3. The van der Waals surface area contributed by atoms with Gasteiger partial charge >= 0.3 is 0 Å². The Morgan fingerprint density at radius 2 is 1.91 bits per heavy atom. The zero-order chi connectivity index (χ0) is 8.10. The molecule has 0 unspecified atom stereocenters. The summed E-state index contributed by atoms with van der Waals surface area (Å²) in [6.45, 7) is 2.69. The first-order chi connectivity index (χ1) is 5.33. The summed E-state index contributed by atoms with van der Waals surface area (Å²) in [5.74, 6) is 0. The summed E-state index contributed by atoms with van der Waals surface area (Å²) in [6.07, 6.45) is 0. The molecule has 0 aliphatic rings. The number of hydrogen-bond donors (Lipinski definition) is 0. The average Bonchev–Trinajstić information content (AvgIpc) is 2.04. The van der Waals surface area contributed by atoms with Crippen molar-refractivity contribution < 1.29 is 0 Å². The Morgan fingerprint density at radius 1 is 1.27 bits per heavy atom. The lowest BCUT2D eigenvalue weighted by molar-refractivity contribution is 1.01. The summed E-state index contributed by atoms with van der Waals surface area (Å²) in [6, 6.07) is 7.74. The van der Waals surface area contributed by atoms with E-state index in [0.717, 1.165) is 16.7 Å². The Bertz CT molecular complexity index is 241. The van der Waals surface area contributed by atoms with E-state index >= 15 is 0 Å². The summed E-state index contributed by atoms with van der Waals surface area (Å²) in [5.41, 5.74) is 0.898. The van der Waals surface area contributed by atoms with Crippen LogP contribution in [-0.2, 0) is 0 Å². The van der Waals surface area contributed by atoms with Gasteiger partial charge in [0, 0.05) is 4.47 Å². The van der Waals surface area contributed by atoms with Gasteiger partial charge in [0.25, 0.3) is 0 Å². The largest absolute Gasteiger partial charge is 0.189 e. The second kappa shape index (κ2) is 4.23. The molecule has 0 radical (unpaired) electrons. The van der Waals surface area contributed by atoms with E-state index in [0.29, 0.717) is 0 Å². The van der Waals surface area contributed by atoms with Crippen LogP contribution in [0, 0.1) is 0 Å². The van der Waals surface area contributed by atoms with Gasteiger partial charge in [0.2, 0.25) is 0 Å². The summed E-state index contributed by atoms with van der Waals surface area (Å²) in [7, 11) is 0. The number of hydrogen-bond acceptors (Lipinski definition) is 2. The van der Waals surface area contributed by atoms with Crippen LogP contribution in [0.15, 0.2) is 39.0 Å². The second-order valence-electron chi connectivity index (χ2n) is 2.03. The summed E-state index contributed by atoms with van der Waals surface area (Å²) in [5, 5.41) is 7.85. The molecule has 0 bridgehead atoms. The lowest BCUT2D eigenvalue weighted by Gasteiger charge is -1.90. The maximum absolute atomic E-state index is 3.97. The molecule has 0 saturated carbocycles. The normalized spacial score (nSPS) is 10.7. The zero-order valence-corrected chi connectivity index (χ0v) is 7.87. The van der Waals surface area contributed by atoms with Gasteiger partial charge in [0.15, 0.2) is 0 Å². The highest BCUT2D eigenvalue weighted by atomic mass is 79.9. The predicted octanol–water partition coefficient (Wildman–Crippen LogP) is 3.55. The van der Waals surface area contributed by atoms with E-state index in [9.17, 15) is 0 Å². The molecule has 58 valence electrons. The zero-order valence-electron chi connectivity index (χ0n) is 6.29. The predicted molar refractivity (Wildman–Crippen MR) is 49.2 cm³/mol. The average molecular weight is 213 g/mol. The van der Waals surface area contributed by atoms with Crippen molar-refractivity contribution in [2.45, 2.75) is 6.92 Å². The molecule has 0 amide bonds. The Balaban J connectivity index is 2.73. The van der Waals surface area contributed by atoms with Crippen LogP contribution >= 0.6 is 15.9 Å². The van der Waals surface area contributed by atoms with Gasteiger partial charge in [-0.05, 0) is 31.2 Å². The second-order valence-corrected chi connectivity index (χ2v) is 2.95. The quantitative estimate of drug-likeness (QED) is 0.671. The molecule has 0 atom stereocenters. The van der Waals surface area contributed by atoms with Crippen molar-refractivity contribution in [2.75, 3.05) is 6.54 Å². The molecule has 1 aromatic carbocycles. The van der Waals surface area contributed by atoms with E-state index < -0.39 is 0 Å². The highest BCUT2D eigenvalue weighted by Crippen LogP contribution is 2.16. The van der Waals surface area contributed by atoms with Gasteiger partial charge in [0.05, 0.1) is 12.2 Å². The van der Waals surface area contributed by atoms with Gasteiger partial charge in [-0.25, -0.2) is 0 Å². The van der Waals surface area contributed by atoms with Crippen molar-refractivity contribution in [1.29, 1.82) is 0 Å². The van der Waals surface area contributed by atoms with E-state index in [1.165, 1.54) is 0 Å². The van der Waals surface area contributed by atoms with E-state index in [-0.39, 0.29) is 0 Å². The minimum atomic E-state index is 0.732. The van der Waals surface area contributed by atoms with Crippen molar-refractivity contribution in [3.63, 3.8) is 0 Å². The molecule has 0 aliphatic carbocycles. The fraction of sp³-hybridized carbons (Fsp3) is 0.250. The lowest BCUT2D eigenvalue weighted by Crippen LogP contribution is -1.65. The van der Waals surface area contributed by atoms with Crippen LogP contribution in [-0.4, -0.2) is 6.54 Å². The molecular weight excluding hydrogens is 204 g/mol. The molecule has 3 heteroatoms. The smallest absolute Gasteiger partial charge is 0.0853 e. The van der Waals surface area contributed by atoms with E-state index in [4.69, 9.17) is 0 Å². The van der Waals surface area contributed by atoms with E-state index in [1.54, 1.807) is 0 Å². The highest BCUT2D eigenvalue weighted by molar-refractivity contribution is 9.10. The molecule has 0 N–H and O–H groups in total. The van der Waals surface area contributed by atoms with Crippen molar-refractivity contribution in [2.24, 2.45) is 10.2 Å². The van der Waals surface area contributed by atoms with Crippen molar-refractivity contribution >= 4 is 21.6 Å². The number of azo groups is 1. The number of rotatable bonds is 2. The Hall–Kier alpha value is -0.700. The third-order valence-electron chi connectivity index (χ3n) is 1.15. The molecule has 0 saturated heterocycles. The summed E-state index contributed by atoms with van der Waals surface area (Å²) >= 11 is 3.34. The van der Waals surface area contributed by atoms with Crippen LogP contribution in [0.2, 0.25) is 0 Å². The molecule has 2 nitrogen and oxygen atoms in total. The first kappa shape index (κ1) is 8.40. The molecule has 0 spiro atoms. The standard InChI is InChI=1S/C8H9BrN2/c1-2-10-11-8-5-3-7(9)4-6-8/h3-6H,2H2,1H3. The molecule has 1 rings (SSSR count). The van der Waals surface area contributed by atoms with Gasteiger partial charge in [-0.2, -0.15) is 10.2 Å². The fourth-order valence-electron chi connectivity index (χ4n) is 0.660. The highest BCUT2D eigenvalue weighted by Gasteiger charge is 1.87. The molecule has 0 heterocycles. The molecule has 1 aromatic rings. The minimum Gasteiger partial charge on any atom is -0.189 e. The third kappa shape index (κ3) is 2.80. The Kier molecular flexibility index (Phi) is 3.23. The monoisotopic (exact) mass is 212 g/mol. The summed E-state index contributed by atoms with van der Waals surface area (Å²) < 4.78 is 1.06. The van der Waals surface area contributed by atoms with Crippen molar-refractivity contribution in [3.8, 4) is 0 Å². The van der Waals surface area contributed by atoms with Crippen LogP contribution in [0.3, 0.4) is 0 Å². The van der Waals surface area contributed by atoms with Crippen LogP contribution in [0.4, 0.5) is 5.69 Å². The molecule has 11 heavy (non-hydrogen) atoms. The van der Waals surface area contributed by atoms with Crippen molar-refractivity contribution in [1.82, 2.24) is 0 Å². The Morgan fingerprint density at radius 3 is 2.45 bits per heavy atom. The maximum Gasteiger partial charge on any atom is 0.0853 e. The van der Waals surface area contributed by atoms with Gasteiger partial charge in [-0.15, -0.1) is 0 Å². The van der Waals surface area contributed by atoms with Crippen LogP contribution in [0.25, 0.3) is 0 Å². The van der Waals surface area contributed by atoms with Gasteiger partial charge < -0.3 is 0 Å². The van der Waals surface area contributed by atoms with Gasteiger partial charge in [-0.3, -0.25) is 0 Å². The fourth-order valence-corrected chi connectivity index (χ4v) is 0.924. The minimum absolute atomic E-state index is 0.732. The maximum atomic E-state index is 3.97. The van der Waals surface area contributed by atoms with Crippen molar-refractivity contribution in [3.05, 3.63) is 28.7 Å². The summed E-state index contributed by atoms with van der Waals surface area (Å²) in [4.78, 5) is 0. The first-order valence-corrected chi connectivity index (χ1v) is 4.25. The molecular formula is C8H9BrN2. The van der Waals surface area contributed by atoms with Crippen LogP contribution in [0.5, 0.6) is 0 Å². The van der Waals surface area contributed by atoms with Crippen LogP contribution in [0.1, 0.15) is 6.92 Å². The van der Waals surface area contributed by atoms with E-state index in [2.05, 4.69) is 26.2 Å². The number of benzene rings is 1. The third-order valence-corrected chi connectivity index (χ3v) is 1.68. The van der Waals surface area contributed by atoms with Crippen LogP contribution < -0.4 is 0 Å². The first-order valence-electron chi connectivity index (χ1n) is 3.46.